The summed E-state index contributed by atoms with van der Waals surface area (Å²) in [6, 6.07) is 3.61. The molecule has 132 valence electrons. The van der Waals surface area contributed by atoms with Crippen LogP contribution in [0, 0.1) is 6.92 Å². The van der Waals surface area contributed by atoms with Gasteiger partial charge in [-0.3, -0.25) is 14.4 Å². The Hall–Kier alpha value is -2.31. The molecule has 24 heavy (non-hydrogen) atoms. The lowest BCUT2D eigenvalue weighted by molar-refractivity contribution is -0.145. The number of aliphatic carboxylic acids is 1. The molecule has 1 aromatic rings. The average Bonchev–Trinajstić information content (AvgIpc) is 2.74. The molecule has 0 bridgehead atoms. The molecule has 1 N–H and O–H groups in total. The summed E-state index contributed by atoms with van der Waals surface area (Å²) in [5.41, 5.74) is 1.68. The number of aryl methyl sites for hydroxylation is 1. The molecule has 1 aliphatic heterocycles. The Bertz CT molecular complexity index is 638. The van der Waals surface area contributed by atoms with Gasteiger partial charge in [-0.25, -0.2) is 0 Å². The lowest BCUT2D eigenvalue weighted by atomic mass is 10.1. The Morgan fingerprint density at radius 1 is 1.25 bits per heavy atom. The maximum atomic E-state index is 12.7. The zero-order valence-corrected chi connectivity index (χ0v) is 14.5. The molecule has 0 unspecified atom stereocenters. The molecule has 0 radical (unpaired) electrons. The molecule has 0 spiro atoms. The molecule has 2 rings (SSSR count). The summed E-state index contributed by atoms with van der Waals surface area (Å²) in [7, 11) is 1.87. The van der Waals surface area contributed by atoms with Crippen molar-refractivity contribution < 1.29 is 19.5 Å². The third kappa shape index (κ3) is 3.96. The van der Waals surface area contributed by atoms with E-state index in [1.54, 1.807) is 4.90 Å². The first kappa shape index (κ1) is 18.0. The molecule has 0 aliphatic carbocycles. The summed E-state index contributed by atoms with van der Waals surface area (Å²) >= 11 is 0. The van der Waals surface area contributed by atoms with Gasteiger partial charge in [-0.15, -0.1) is 0 Å². The van der Waals surface area contributed by atoms with Crippen molar-refractivity contribution in [2.24, 2.45) is 7.05 Å². The van der Waals surface area contributed by atoms with Crippen LogP contribution in [0.25, 0.3) is 0 Å². The van der Waals surface area contributed by atoms with Crippen molar-refractivity contribution >= 4 is 17.8 Å². The van der Waals surface area contributed by atoms with Crippen molar-refractivity contribution in [1.82, 2.24) is 14.4 Å². The maximum absolute atomic E-state index is 12.7. The second-order valence-electron chi connectivity index (χ2n) is 6.34. The molecule has 0 aromatic carbocycles. The summed E-state index contributed by atoms with van der Waals surface area (Å²) in [6.07, 6.45) is 2.06. The molecular weight excluding hydrogens is 310 g/mol. The molecule has 1 fully saturated rings. The summed E-state index contributed by atoms with van der Waals surface area (Å²) in [5, 5.41) is 8.99. The highest BCUT2D eigenvalue weighted by molar-refractivity contribution is 5.93. The van der Waals surface area contributed by atoms with Crippen LogP contribution in [0.1, 0.15) is 42.4 Å². The van der Waals surface area contributed by atoms with Crippen molar-refractivity contribution in [3.8, 4) is 0 Å². The third-order valence-corrected chi connectivity index (χ3v) is 4.73. The van der Waals surface area contributed by atoms with E-state index in [-0.39, 0.29) is 24.4 Å². The van der Waals surface area contributed by atoms with Crippen LogP contribution in [0.5, 0.6) is 0 Å². The molecule has 1 aromatic heterocycles. The van der Waals surface area contributed by atoms with Crippen LogP contribution < -0.4 is 0 Å². The smallest absolute Gasteiger partial charge is 0.323 e. The highest BCUT2D eigenvalue weighted by atomic mass is 16.4. The first-order valence-electron chi connectivity index (χ1n) is 8.22. The number of carboxylic acids is 1. The van der Waals surface area contributed by atoms with Crippen molar-refractivity contribution in [3.63, 3.8) is 0 Å². The van der Waals surface area contributed by atoms with Gasteiger partial charge in [0.1, 0.15) is 12.2 Å². The molecule has 0 saturated carbocycles. The van der Waals surface area contributed by atoms with E-state index >= 15 is 0 Å². The summed E-state index contributed by atoms with van der Waals surface area (Å²) in [4.78, 5) is 38.6. The van der Waals surface area contributed by atoms with E-state index in [2.05, 4.69) is 0 Å². The number of carboxylic acid groups (broad SMARTS) is 1. The highest BCUT2D eigenvalue weighted by Gasteiger charge is 2.28. The van der Waals surface area contributed by atoms with Crippen LogP contribution in [0.3, 0.4) is 0 Å². The minimum Gasteiger partial charge on any atom is -0.480 e. The highest BCUT2D eigenvalue weighted by Crippen LogP contribution is 2.19. The first-order valence-corrected chi connectivity index (χ1v) is 8.22. The van der Waals surface area contributed by atoms with E-state index in [9.17, 15) is 14.4 Å². The molecule has 1 saturated heterocycles. The predicted molar refractivity (Wildman–Crippen MR) is 88.7 cm³/mol. The number of carbonyl (C=O) groups is 3. The lowest BCUT2D eigenvalue weighted by Crippen LogP contribution is -2.43. The summed E-state index contributed by atoms with van der Waals surface area (Å²) < 4.78 is 1.87. The molecule has 1 aliphatic rings. The Morgan fingerprint density at radius 3 is 2.50 bits per heavy atom. The monoisotopic (exact) mass is 335 g/mol. The third-order valence-electron chi connectivity index (χ3n) is 4.73. The number of aromatic nitrogens is 1. The van der Waals surface area contributed by atoms with Crippen molar-refractivity contribution in [2.45, 2.75) is 39.2 Å². The molecule has 1 atom stereocenters. The van der Waals surface area contributed by atoms with Crippen LogP contribution in [-0.2, 0) is 16.6 Å². The maximum Gasteiger partial charge on any atom is 0.323 e. The Kier molecular flexibility index (Phi) is 5.64. The number of likely N-dealkylation sites (tertiary alicyclic amines) is 1. The van der Waals surface area contributed by atoms with Gasteiger partial charge in [-0.05, 0) is 38.3 Å². The summed E-state index contributed by atoms with van der Waals surface area (Å²) in [5.74, 6) is -1.26. The van der Waals surface area contributed by atoms with E-state index in [4.69, 9.17) is 5.11 Å². The fourth-order valence-electron chi connectivity index (χ4n) is 3.23. The first-order chi connectivity index (χ1) is 11.3. The van der Waals surface area contributed by atoms with Gasteiger partial charge in [-0.2, -0.15) is 0 Å². The minimum atomic E-state index is -1.01. The average molecular weight is 335 g/mol. The van der Waals surface area contributed by atoms with Crippen LogP contribution >= 0.6 is 0 Å². The van der Waals surface area contributed by atoms with Gasteiger partial charge in [0.15, 0.2) is 0 Å². The molecule has 2 amide bonds. The lowest BCUT2D eigenvalue weighted by Gasteiger charge is -2.28. The van der Waals surface area contributed by atoms with Crippen LogP contribution in [-0.4, -0.2) is 62.9 Å². The van der Waals surface area contributed by atoms with Gasteiger partial charge in [0.2, 0.25) is 5.91 Å². The van der Waals surface area contributed by atoms with E-state index in [0.717, 1.165) is 12.1 Å². The number of carbonyl (C=O) groups excluding carboxylic acids is 2. The van der Waals surface area contributed by atoms with Crippen LogP contribution in [0.2, 0.25) is 0 Å². The molecule has 7 nitrogen and oxygen atoms in total. The topological polar surface area (TPSA) is 82.8 Å². The standard InChI is InChI=1S/C17H25N3O4/c1-12-6-7-15(18(12)3)17(24)19-9-4-5-14(8-10-19)20(13(2)21)11-16(22)23/h6-7,14H,4-5,8-11H2,1-3H3,(H,22,23)/t14-/m0/s1. The number of rotatable bonds is 4. The van der Waals surface area contributed by atoms with Crippen molar-refractivity contribution in [1.29, 1.82) is 0 Å². The number of hydrogen-bond acceptors (Lipinski definition) is 3. The van der Waals surface area contributed by atoms with Gasteiger partial charge in [0.25, 0.3) is 5.91 Å². The van der Waals surface area contributed by atoms with E-state index in [1.165, 1.54) is 11.8 Å². The fraction of sp³-hybridized carbons (Fsp3) is 0.588. The Labute approximate surface area is 141 Å². The van der Waals surface area contributed by atoms with Gasteiger partial charge in [0, 0.05) is 38.8 Å². The van der Waals surface area contributed by atoms with Crippen LogP contribution in [0.15, 0.2) is 12.1 Å². The molecular formula is C17H25N3O4. The van der Waals surface area contributed by atoms with E-state index < -0.39 is 5.97 Å². The van der Waals surface area contributed by atoms with E-state index in [1.807, 2.05) is 30.7 Å². The second-order valence-corrected chi connectivity index (χ2v) is 6.34. The normalized spacial score (nSPS) is 18.1. The molecule has 7 heteroatoms. The van der Waals surface area contributed by atoms with E-state index in [0.29, 0.717) is 31.6 Å². The summed E-state index contributed by atoms with van der Waals surface area (Å²) in [6.45, 7) is 4.20. The van der Waals surface area contributed by atoms with Gasteiger partial charge >= 0.3 is 5.97 Å². The Balaban J connectivity index is 2.06. The van der Waals surface area contributed by atoms with Gasteiger partial charge in [-0.1, -0.05) is 0 Å². The predicted octanol–water partition coefficient (Wildman–Crippen LogP) is 1.26. The number of nitrogens with zero attached hydrogens (tertiary/aromatic N) is 3. The molecule has 2 heterocycles. The zero-order valence-electron chi connectivity index (χ0n) is 14.5. The van der Waals surface area contributed by atoms with Gasteiger partial charge < -0.3 is 19.5 Å². The van der Waals surface area contributed by atoms with Crippen molar-refractivity contribution in [3.05, 3.63) is 23.5 Å². The fourth-order valence-corrected chi connectivity index (χ4v) is 3.23. The van der Waals surface area contributed by atoms with Crippen LogP contribution in [0.4, 0.5) is 0 Å². The second kappa shape index (κ2) is 7.51. The quantitative estimate of drug-likeness (QED) is 0.898. The van der Waals surface area contributed by atoms with Crippen molar-refractivity contribution in [2.75, 3.05) is 19.6 Å². The number of hydrogen-bond donors (Lipinski definition) is 1. The largest absolute Gasteiger partial charge is 0.480 e. The SMILES string of the molecule is CC(=O)N(CC(=O)O)[C@H]1CCCN(C(=O)c2ccc(C)n2C)CC1. The van der Waals surface area contributed by atoms with Gasteiger partial charge in [0.05, 0.1) is 0 Å². The zero-order chi connectivity index (χ0) is 17.9. The number of amides is 2. The Morgan fingerprint density at radius 2 is 1.96 bits per heavy atom. The minimum absolute atomic E-state index is 0.0149.